The van der Waals surface area contributed by atoms with Crippen LogP contribution in [0.5, 0.6) is 5.75 Å². The van der Waals surface area contributed by atoms with E-state index < -0.39 is 11.9 Å². The Balaban J connectivity index is 2.78. The van der Waals surface area contributed by atoms with Crippen LogP contribution in [0.2, 0.25) is 0 Å². The number of methoxy groups -OCH3 is 1. The second-order valence-corrected chi connectivity index (χ2v) is 4.99. The highest BCUT2D eigenvalue weighted by Gasteiger charge is 2.23. The average molecular weight is 261 g/mol. The van der Waals surface area contributed by atoms with Gasteiger partial charge in [-0.25, -0.2) is 0 Å². The summed E-state index contributed by atoms with van der Waals surface area (Å²) in [5.74, 6) is -0.585. The normalized spacial score (nSPS) is 12.9. The van der Waals surface area contributed by atoms with E-state index in [1.165, 1.54) is 0 Å². The fourth-order valence-electron chi connectivity index (χ4n) is 2.45. The molecule has 1 aromatic heterocycles. The summed E-state index contributed by atoms with van der Waals surface area (Å²) in [5.41, 5.74) is 1.77. The zero-order valence-corrected chi connectivity index (χ0v) is 11.7. The molecule has 0 fully saturated rings. The lowest BCUT2D eigenvalue weighted by atomic mass is 10.1. The van der Waals surface area contributed by atoms with Gasteiger partial charge in [0.05, 0.1) is 18.5 Å². The minimum atomic E-state index is -0.816. The highest BCUT2D eigenvalue weighted by molar-refractivity contribution is 5.89. The number of ether oxygens (including phenoxy) is 1. The lowest BCUT2D eigenvalue weighted by Crippen LogP contribution is -2.14. The molecule has 1 heterocycles. The summed E-state index contributed by atoms with van der Waals surface area (Å²) in [6.07, 6.45) is 0. The van der Waals surface area contributed by atoms with Gasteiger partial charge < -0.3 is 14.4 Å². The lowest BCUT2D eigenvalue weighted by molar-refractivity contribution is -0.138. The Hall–Kier alpha value is -1.97. The van der Waals surface area contributed by atoms with E-state index in [-0.39, 0.29) is 6.04 Å². The second kappa shape index (κ2) is 4.96. The van der Waals surface area contributed by atoms with Gasteiger partial charge in [-0.1, -0.05) is 12.1 Å². The molecule has 19 heavy (non-hydrogen) atoms. The van der Waals surface area contributed by atoms with Crippen molar-refractivity contribution in [3.8, 4) is 5.75 Å². The van der Waals surface area contributed by atoms with E-state index in [4.69, 9.17) is 4.74 Å². The Bertz CT molecular complexity index is 613. The van der Waals surface area contributed by atoms with Crippen LogP contribution in [-0.2, 0) is 4.79 Å². The molecule has 1 aromatic carbocycles. The summed E-state index contributed by atoms with van der Waals surface area (Å²) in [4.78, 5) is 11.3. The molecule has 0 aliphatic carbocycles. The van der Waals surface area contributed by atoms with E-state index >= 15 is 0 Å². The zero-order chi connectivity index (χ0) is 14.2. The number of hydrogen-bond acceptors (Lipinski definition) is 2. The molecular formula is C15H19NO3. The van der Waals surface area contributed by atoms with Gasteiger partial charge in [-0.2, -0.15) is 0 Å². The van der Waals surface area contributed by atoms with Crippen molar-refractivity contribution in [2.24, 2.45) is 0 Å². The van der Waals surface area contributed by atoms with Gasteiger partial charge >= 0.3 is 5.97 Å². The maximum absolute atomic E-state index is 11.3. The summed E-state index contributed by atoms with van der Waals surface area (Å²) in [7, 11) is 1.63. The molecular weight excluding hydrogens is 242 g/mol. The third-order valence-electron chi connectivity index (χ3n) is 3.40. The van der Waals surface area contributed by atoms with Crippen molar-refractivity contribution >= 4 is 16.9 Å². The van der Waals surface area contributed by atoms with Crippen LogP contribution in [0.25, 0.3) is 10.9 Å². The van der Waals surface area contributed by atoms with Gasteiger partial charge in [-0.3, -0.25) is 4.79 Å². The molecule has 0 bridgehead atoms. The van der Waals surface area contributed by atoms with Gasteiger partial charge in [-0.05, 0) is 32.9 Å². The molecule has 1 N–H and O–H groups in total. The number of carbonyl (C=O) groups is 1. The third kappa shape index (κ3) is 2.18. The number of nitrogens with zero attached hydrogens (tertiary/aromatic N) is 1. The molecule has 0 aliphatic rings. The Morgan fingerprint density at radius 3 is 2.53 bits per heavy atom. The van der Waals surface area contributed by atoms with Gasteiger partial charge in [-0.15, -0.1) is 0 Å². The van der Waals surface area contributed by atoms with E-state index in [9.17, 15) is 9.90 Å². The van der Waals surface area contributed by atoms with E-state index in [1.54, 1.807) is 14.0 Å². The van der Waals surface area contributed by atoms with Crippen LogP contribution in [0.4, 0.5) is 0 Å². The summed E-state index contributed by atoms with van der Waals surface area (Å²) in [6, 6.07) is 7.91. The van der Waals surface area contributed by atoms with Crippen LogP contribution >= 0.6 is 0 Å². The third-order valence-corrected chi connectivity index (χ3v) is 3.40. The number of carboxylic acids is 1. The van der Waals surface area contributed by atoms with Gasteiger partial charge in [0.2, 0.25) is 0 Å². The fourth-order valence-corrected chi connectivity index (χ4v) is 2.45. The van der Waals surface area contributed by atoms with Crippen LogP contribution in [0.15, 0.2) is 24.3 Å². The highest BCUT2D eigenvalue weighted by Crippen LogP contribution is 2.34. The molecule has 0 radical (unpaired) electrons. The lowest BCUT2D eigenvalue weighted by Gasteiger charge is -2.18. The number of benzene rings is 1. The van der Waals surface area contributed by atoms with Crippen LogP contribution in [0, 0.1) is 0 Å². The number of carboxylic acid groups (broad SMARTS) is 1. The first-order chi connectivity index (χ1) is 8.97. The largest absolute Gasteiger partial charge is 0.495 e. The van der Waals surface area contributed by atoms with Crippen LogP contribution in [0.3, 0.4) is 0 Å². The molecule has 1 unspecified atom stereocenters. The van der Waals surface area contributed by atoms with Gasteiger partial charge in [0, 0.05) is 17.1 Å². The first-order valence-electron chi connectivity index (χ1n) is 6.38. The summed E-state index contributed by atoms with van der Waals surface area (Å²) >= 11 is 0. The predicted molar refractivity (Wildman–Crippen MR) is 74.9 cm³/mol. The molecule has 4 heteroatoms. The summed E-state index contributed by atoms with van der Waals surface area (Å²) in [5, 5.41) is 10.3. The molecule has 2 aromatic rings. The molecule has 102 valence electrons. The van der Waals surface area contributed by atoms with Crippen LogP contribution in [0.1, 0.15) is 38.4 Å². The van der Waals surface area contributed by atoms with Crippen molar-refractivity contribution in [2.45, 2.75) is 32.7 Å². The maximum atomic E-state index is 11.3. The number of aliphatic carboxylic acids is 1. The molecule has 0 saturated heterocycles. The van der Waals surface area contributed by atoms with E-state index in [0.29, 0.717) is 0 Å². The number of aromatic nitrogens is 1. The smallest absolute Gasteiger partial charge is 0.312 e. The standard InChI is InChI=1S/C15H19NO3/c1-9(2)16-12(10(3)15(17)18)8-11-6-5-7-13(19-4)14(11)16/h5-10H,1-4H3,(H,17,18). The molecule has 0 saturated carbocycles. The van der Waals surface area contributed by atoms with Crippen molar-refractivity contribution < 1.29 is 14.6 Å². The summed E-state index contributed by atoms with van der Waals surface area (Å²) < 4.78 is 7.45. The maximum Gasteiger partial charge on any atom is 0.312 e. The van der Waals surface area contributed by atoms with Crippen molar-refractivity contribution in [3.63, 3.8) is 0 Å². The SMILES string of the molecule is COc1cccc2cc(C(C)C(=O)O)n(C(C)C)c12. The van der Waals surface area contributed by atoms with Gasteiger partial charge in [0.15, 0.2) is 0 Å². The van der Waals surface area contributed by atoms with Crippen molar-refractivity contribution in [2.75, 3.05) is 7.11 Å². The molecule has 0 amide bonds. The first kappa shape index (κ1) is 13.5. The Labute approximate surface area is 112 Å². The van der Waals surface area contributed by atoms with Gasteiger partial charge in [0.1, 0.15) is 5.75 Å². The van der Waals surface area contributed by atoms with E-state index in [0.717, 1.165) is 22.3 Å². The molecule has 1 atom stereocenters. The predicted octanol–water partition coefficient (Wildman–Crippen LogP) is 3.42. The second-order valence-electron chi connectivity index (χ2n) is 4.99. The average Bonchev–Trinajstić information content (AvgIpc) is 2.76. The number of hydrogen-bond donors (Lipinski definition) is 1. The quantitative estimate of drug-likeness (QED) is 0.917. The minimum Gasteiger partial charge on any atom is -0.495 e. The first-order valence-corrected chi connectivity index (χ1v) is 6.38. The highest BCUT2D eigenvalue weighted by atomic mass is 16.5. The van der Waals surface area contributed by atoms with Crippen molar-refractivity contribution in [1.29, 1.82) is 0 Å². The number of fused-ring (bicyclic) bond motifs is 1. The fraction of sp³-hybridized carbons (Fsp3) is 0.400. The Morgan fingerprint density at radius 2 is 2.00 bits per heavy atom. The topological polar surface area (TPSA) is 51.5 Å². The number of para-hydroxylation sites is 1. The zero-order valence-electron chi connectivity index (χ0n) is 11.7. The van der Waals surface area contributed by atoms with Crippen molar-refractivity contribution in [3.05, 3.63) is 30.0 Å². The van der Waals surface area contributed by atoms with Crippen LogP contribution in [-0.4, -0.2) is 22.8 Å². The number of rotatable bonds is 4. The van der Waals surface area contributed by atoms with E-state index in [1.807, 2.05) is 42.7 Å². The molecule has 4 nitrogen and oxygen atoms in total. The van der Waals surface area contributed by atoms with E-state index in [2.05, 4.69) is 0 Å². The Morgan fingerprint density at radius 1 is 1.32 bits per heavy atom. The molecule has 0 aliphatic heterocycles. The van der Waals surface area contributed by atoms with Gasteiger partial charge in [0.25, 0.3) is 0 Å². The minimum absolute atomic E-state index is 0.172. The molecule has 2 rings (SSSR count). The van der Waals surface area contributed by atoms with Crippen molar-refractivity contribution in [1.82, 2.24) is 4.57 Å². The monoisotopic (exact) mass is 261 g/mol. The van der Waals surface area contributed by atoms with Crippen LogP contribution < -0.4 is 4.74 Å². The molecule has 0 spiro atoms. The summed E-state index contributed by atoms with van der Waals surface area (Å²) in [6.45, 7) is 5.80. The Kier molecular flexibility index (Phi) is 3.51.